The molecular weight excluding hydrogens is 363 g/mol. The second-order valence-electron chi connectivity index (χ2n) is 6.48. The van der Waals surface area contributed by atoms with Gasteiger partial charge >= 0.3 is 0 Å². The average Bonchev–Trinajstić information content (AvgIpc) is 2.55. The highest BCUT2D eigenvalue weighted by Crippen LogP contribution is 2.23. The van der Waals surface area contributed by atoms with Gasteiger partial charge in [-0.05, 0) is 45.6 Å². The van der Waals surface area contributed by atoms with Crippen LogP contribution in [0.2, 0.25) is 5.02 Å². The molecule has 0 saturated heterocycles. The molecule has 7 nitrogen and oxygen atoms in total. The Morgan fingerprint density at radius 1 is 1.42 bits per heavy atom. The molecule has 0 radical (unpaired) electrons. The van der Waals surface area contributed by atoms with Crippen LogP contribution < -0.4 is 10.9 Å². The molecule has 0 aliphatic rings. The molecule has 26 heavy (non-hydrogen) atoms. The highest BCUT2D eigenvalue weighted by atomic mass is 35.5. The summed E-state index contributed by atoms with van der Waals surface area (Å²) < 4.78 is 13.1. The van der Waals surface area contributed by atoms with Crippen LogP contribution in [0.4, 0.5) is 4.39 Å². The van der Waals surface area contributed by atoms with Crippen LogP contribution in [0, 0.1) is 5.82 Å². The number of amides is 1. The zero-order valence-electron chi connectivity index (χ0n) is 14.9. The van der Waals surface area contributed by atoms with Crippen LogP contribution in [0.15, 0.2) is 23.0 Å². The van der Waals surface area contributed by atoms with E-state index in [0.29, 0.717) is 5.56 Å². The average molecular weight is 383 g/mol. The molecule has 0 atom stereocenters. The summed E-state index contributed by atoms with van der Waals surface area (Å²) in [5, 5.41) is 12.6. The summed E-state index contributed by atoms with van der Waals surface area (Å²) in [4.78, 5) is 32.8. The first-order valence-electron chi connectivity index (χ1n) is 7.77. The largest absolute Gasteiger partial charge is 0.501 e. The lowest BCUT2D eigenvalue weighted by Gasteiger charge is -2.31. The van der Waals surface area contributed by atoms with Crippen molar-refractivity contribution in [1.29, 1.82) is 0 Å². The van der Waals surface area contributed by atoms with Crippen LogP contribution in [0.25, 0.3) is 0 Å². The van der Waals surface area contributed by atoms with E-state index in [-0.39, 0.29) is 17.4 Å². The maximum Gasteiger partial charge on any atom is 0.293 e. The van der Waals surface area contributed by atoms with Crippen molar-refractivity contribution in [3.63, 3.8) is 0 Å². The molecule has 0 bridgehead atoms. The third-order valence-electron chi connectivity index (χ3n) is 4.26. The van der Waals surface area contributed by atoms with Gasteiger partial charge in [-0.15, -0.1) is 0 Å². The molecule has 1 heterocycles. The number of H-pyrrole nitrogens is 1. The first-order valence-corrected chi connectivity index (χ1v) is 8.15. The number of hydrogen-bond acceptors (Lipinski definition) is 5. The number of carbonyl (C=O) groups excluding carboxylic acids is 1. The van der Waals surface area contributed by atoms with Gasteiger partial charge < -0.3 is 15.4 Å². The Bertz CT molecular complexity index is 896. The number of nitrogens with one attached hydrogen (secondary N) is 2. The third kappa shape index (κ3) is 4.03. The van der Waals surface area contributed by atoms with Gasteiger partial charge in [0.15, 0.2) is 5.69 Å². The van der Waals surface area contributed by atoms with Gasteiger partial charge in [0.1, 0.15) is 11.6 Å². The van der Waals surface area contributed by atoms with E-state index >= 15 is 0 Å². The standard InChI is InChI=1S/C17H20ClFN4O3/c1-17(2,23(3)4)16-21-12(13(24)15(26)22-16)14(25)20-8-9-5-6-10(19)7-11(9)18/h5-7,24H,8H2,1-4H3,(H,20,25)(H,21,22,26). The molecule has 0 unspecified atom stereocenters. The molecule has 1 amide bonds. The molecule has 0 saturated carbocycles. The number of nitrogens with zero attached hydrogens (tertiary/aromatic N) is 2. The molecule has 1 aromatic carbocycles. The fourth-order valence-electron chi connectivity index (χ4n) is 2.05. The maximum absolute atomic E-state index is 13.1. The number of halogens is 2. The van der Waals surface area contributed by atoms with E-state index in [2.05, 4.69) is 15.3 Å². The van der Waals surface area contributed by atoms with E-state index in [1.54, 1.807) is 14.1 Å². The van der Waals surface area contributed by atoms with Gasteiger partial charge in [-0.25, -0.2) is 9.37 Å². The van der Waals surface area contributed by atoms with Crippen LogP contribution in [-0.2, 0) is 12.1 Å². The fraction of sp³-hybridized carbons (Fsp3) is 0.353. The summed E-state index contributed by atoms with van der Waals surface area (Å²) in [7, 11) is 3.59. The fourth-order valence-corrected chi connectivity index (χ4v) is 2.29. The van der Waals surface area contributed by atoms with Crippen LogP contribution in [-0.4, -0.2) is 40.0 Å². The van der Waals surface area contributed by atoms with E-state index < -0.39 is 34.3 Å². The molecule has 1 aromatic heterocycles. The molecule has 3 N–H and O–H groups in total. The Morgan fingerprint density at radius 2 is 2.08 bits per heavy atom. The van der Waals surface area contributed by atoms with E-state index in [9.17, 15) is 19.1 Å². The van der Waals surface area contributed by atoms with Gasteiger partial charge in [0, 0.05) is 11.6 Å². The normalized spacial score (nSPS) is 11.7. The summed E-state index contributed by atoms with van der Waals surface area (Å²) in [5.41, 5.74) is -1.39. The van der Waals surface area contributed by atoms with Crippen LogP contribution in [0.1, 0.15) is 35.7 Å². The van der Waals surface area contributed by atoms with Gasteiger partial charge in [0.2, 0.25) is 5.75 Å². The minimum atomic E-state index is -0.810. The summed E-state index contributed by atoms with van der Waals surface area (Å²) in [6, 6.07) is 3.78. The van der Waals surface area contributed by atoms with E-state index in [1.807, 2.05) is 18.7 Å². The summed E-state index contributed by atoms with van der Waals surface area (Å²) in [6.07, 6.45) is 0. The van der Waals surface area contributed by atoms with Gasteiger partial charge in [-0.2, -0.15) is 0 Å². The summed E-state index contributed by atoms with van der Waals surface area (Å²) in [6.45, 7) is 3.60. The zero-order chi connectivity index (χ0) is 19.6. The predicted molar refractivity (Wildman–Crippen MR) is 95.8 cm³/mol. The third-order valence-corrected chi connectivity index (χ3v) is 4.61. The number of benzene rings is 1. The van der Waals surface area contributed by atoms with Gasteiger partial charge in [-0.3, -0.25) is 14.5 Å². The Labute approximate surface area is 154 Å². The predicted octanol–water partition coefficient (Wildman–Crippen LogP) is 1.99. The Balaban J connectivity index is 2.31. The lowest BCUT2D eigenvalue weighted by molar-refractivity contribution is 0.0940. The van der Waals surface area contributed by atoms with Crippen molar-refractivity contribution in [2.75, 3.05) is 14.1 Å². The topological polar surface area (TPSA) is 98.3 Å². The minimum absolute atomic E-state index is 0.0156. The second kappa shape index (κ2) is 7.43. The zero-order valence-corrected chi connectivity index (χ0v) is 15.6. The molecule has 0 spiro atoms. The minimum Gasteiger partial charge on any atom is -0.501 e. The summed E-state index contributed by atoms with van der Waals surface area (Å²) >= 11 is 5.92. The molecule has 140 valence electrons. The van der Waals surface area contributed by atoms with E-state index in [0.717, 1.165) is 6.07 Å². The van der Waals surface area contributed by atoms with Gasteiger partial charge in [-0.1, -0.05) is 17.7 Å². The Hall–Kier alpha value is -2.45. The Morgan fingerprint density at radius 3 is 2.65 bits per heavy atom. The number of hydrogen-bond donors (Lipinski definition) is 3. The van der Waals surface area contributed by atoms with Crippen LogP contribution in [0.5, 0.6) is 5.75 Å². The number of aromatic nitrogens is 2. The maximum atomic E-state index is 13.1. The number of aromatic hydroxyl groups is 1. The monoisotopic (exact) mass is 382 g/mol. The highest BCUT2D eigenvalue weighted by Gasteiger charge is 2.29. The SMILES string of the molecule is CN(C)C(C)(C)c1nc(C(=O)NCc2ccc(F)cc2Cl)c(O)c(=O)[nH]1. The molecule has 2 rings (SSSR count). The Kier molecular flexibility index (Phi) is 5.68. The highest BCUT2D eigenvalue weighted by molar-refractivity contribution is 6.31. The van der Waals surface area contributed by atoms with Crippen molar-refractivity contribution < 1.29 is 14.3 Å². The first kappa shape index (κ1) is 19.9. The van der Waals surface area contributed by atoms with Gasteiger partial charge in [0.05, 0.1) is 5.54 Å². The molecule has 0 fully saturated rings. The van der Waals surface area contributed by atoms with Crippen molar-refractivity contribution in [2.24, 2.45) is 0 Å². The van der Waals surface area contributed by atoms with Crippen molar-refractivity contribution in [3.8, 4) is 5.75 Å². The second-order valence-corrected chi connectivity index (χ2v) is 6.89. The van der Waals surface area contributed by atoms with Gasteiger partial charge in [0.25, 0.3) is 11.5 Å². The van der Waals surface area contributed by atoms with E-state index in [1.165, 1.54) is 12.1 Å². The first-order chi connectivity index (χ1) is 12.0. The lowest BCUT2D eigenvalue weighted by Crippen LogP contribution is -2.39. The number of carbonyl (C=O) groups is 1. The quantitative estimate of drug-likeness (QED) is 0.734. The summed E-state index contributed by atoms with van der Waals surface area (Å²) in [5.74, 6) is -1.78. The number of rotatable bonds is 5. The molecular formula is C17H20ClFN4O3. The van der Waals surface area contributed by atoms with Crippen molar-refractivity contribution in [3.05, 3.63) is 56.5 Å². The smallest absolute Gasteiger partial charge is 0.293 e. The van der Waals surface area contributed by atoms with Crippen molar-refractivity contribution in [2.45, 2.75) is 25.9 Å². The van der Waals surface area contributed by atoms with E-state index in [4.69, 9.17) is 11.6 Å². The van der Waals surface area contributed by atoms with Crippen molar-refractivity contribution >= 4 is 17.5 Å². The van der Waals surface area contributed by atoms with Crippen LogP contribution >= 0.6 is 11.6 Å². The molecule has 0 aliphatic carbocycles. The lowest BCUT2D eigenvalue weighted by atomic mass is 10.0. The van der Waals surface area contributed by atoms with Crippen molar-refractivity contribution in [1.82, 2.24) is 20.2 Å². The molecule has 0 aliphatic heterocycles. The number of aromatic amines is 1. The molecule has 9 heteroatoms. The van der Waals surface area contributed by atoms with Crippen LogP contribution in [0.3, 0.4) is 0 Å². The molecule has 2 aromatic rings.